The highest BCUT2D eigenvalue weighted by Gasteiger charge is 1.95. The number of nitrogen functional groups attached to an aromatic ring is 1. The standard InChI is InChI=1S/C8H12N4/c9-7-3-1-2-6(4-7)5-8(10)12-11/h1-4H,5,9,11H2,(H2,10,12). The maximum atomic E-state index is 5.56. The number of hydrogen-bond donors (Lipinski definition) is 3. The Labute approximate surface area is 71.0 Å². The minimum atomic E-state index is 0.403. The monoisotopic (exact) mass is 164 g/mol. The lowest BCUT2D eigenvalue weighted by molar-refractivity contribution is 1.17. The van der Waals surface area contributed by atoms with E-state index in [4.69, 9.17) is 17.3 Å². The first kappa shape index (κ1) is 8.39. The molecular formula is C8H12N4. The summed E-state index contributed by atoms with van der Waals surface area (Å²) in [5.74, 6) is 5.39. The van der Waals surface area contributed by atoms with Gasteiger partial charge in [0.05, 0.1) is 0 Å². The highest BCUT2D eigenvalue weighted by atomic mass is 15.1. The molecule has 0 aromatic heterocycles. The van der Waals surface area contributed by atoms with E-state index in [-0.39, 0.29) is 0 Å². The Balaban J connectivity index is 2.76. The predicted molar refractivity (Wildman–Crippen MR) is 50.4 cm³/mol. The van der Waals surface area contributed by atoms with Crippen LogP contribution in [0.4, 0.5) is 5.69 Å². The minimum Gasteiger partial charge on any atom is -0.399 e. The van der Waals surface area contributed by atoms with Crippen molar-refractivity contribution in [2.45, 2.75) is 6.42 Å². The molecule has 0 aliphatic carbocycles. The number of nitrogens with zero attached hydrogens (tertiary/aromatic N) is 1. The van der Waals surface area contributed by atoms with Crippen molar-refractivity contribution in [3.05, 3.63) is 29.8 Å². The summed E-state index contributed by atoms with van der Waals surface area (Å²) < 4.78 is 0. The summed E-state index contributed by atoms with van der Waals surface area (Å²) in [5, 5.41) is 3.37. The summed E-state index contributed by atoms with van der Waals surface area (Å²) in [6.45, 7) is 0. The molecule has 0 saturated heterocycles. The predicted octanol–water partition coefficient (Wildman–Crippen LogP) is 0.0422. The highest BCUT2D eigenvalue weighted by Crippen LogP contribution is 2.06. The summed E-state index contributed by atoms with van der Waals surface area (Å²) in [7, 11) is 0. The zero-order chi connectivity index (χ0) is 8.97. The van der Waals surface area contributed by atoms with Gasteiger partial charge in [-0.2, -0.15) is 5.10 Å². The summed E-state index contributed by atoms with van der Waals surface area (Å²) in [6, 6.07) is 7.46. The molecule has 0 aliphatic rings. The molecule has 0 bridgehead atoms. The van der Waals surface area contributed by atoms with Crippen LogP contribution in [0.15, 0.2) is 29.4 Å². The number of benzene rings is 1. The van der Waals surface area contributed by atoms with Crippen molar-refractivity contribution >= 4 is 11.5 Å². The zero-order valence-corrected chi connectivity index (χ0v) is 6.70. The van der Waals surface area contributed by atoms with Crippen LogP contribution in [0.5, 0.6) is 0 Å². The van der Waals surface area contributed by atoms with Crippen LogP contribution in [-0.4, -0.2) is 5.84 Å². The number of hydrazone groups is 1. The van der Waals surface area contributed by atoms with Crippen LogP contribution in [0.25, 0.3) is 0 Å². The van der Waals surface area contributed by atoms with E-state index in [0.717, 1.165) is 11.3 Å². The molecule has 1 aromatic rings. The Morgan fingerprint density at radius 2 is 2.17 bits per heavy atom. The van der Waals surface area contributed by atoms with Crippen molar-refractivity contribution in [2.75, 3.05) is 5.73 Å². The van der Waals surface area contributed by atoms with Crippen LogP contribution >= 0.6 is 0 Å². The summed E-state index contributed by atoms with van der Waals surface area (Å²) in [5.41, 5.74) is 12.7. The van der Waals surface area contributed by atoms with Crippen molar-refractivity contribution in [1.82, 2.24) is 0 Å². The molecule has 4 heteroatoms. The number of anilines is 1. The van der Waals surface area contributed by atoms with Crippen LogP contribution < -0.4 is 17.3 Å². The lowest BCUT2D eigenvalue weighted by atomic mass is 10.1. The van der Waals surface area contributed by atoms with Gasteiger partial charge in [0.2, 0.25) is 0 Å². The molecule has 0 amide bonds. The Bertz CT molecular complexity index is 293. The van der Waals surface area contributed by atoms with Gasteiger partial charge in [0.25, 0.3) is 0 Å². The van der Waals surface area contributed by atoms with Crippen molar-refractivity contribution in [3.8, 4) is 0 Å². The molecule has 12 heavy (non-hydrogen) atoms. The van der Waals surface area contributed by atoms with E-state index in [1.165, 1.54) is 0 Å². The van der Waals surface area contributed by atoms with Gasteiger partial charge in [-0.25, -0.2) is 0 Å². The third kappa shape index (κ3) is 2.16. The first-order valence-electron chi connectivity index (χ1n) is 3.59. The maximum Gasteiger partial charge on any atom is 0.123 e. The van der Waals surface area contributed by atoms with Gasteiger partial charge in [0.15, 0.2) is 0 Å². The Morgan fingerprint density at radius 3 is 2.75 bits per heavy atom. The average molecular weight is 164 g/mol. The molecule has 0 spiro atoms. The second kappa shape index (κ2) is 3.61. The van der Waals surface area contributed by atoms with Gasteiger partial charge in [-0.05, 0) is 17.7 Å². The molecule has 0 saturated carbocycles. The largest absolute Gasteiger partial charge is 0.399 e. The molecule has 0 fully saturated rings. The van der Waals surface area contributed by atoms with Crippen LogP contribution in [0.1, 0.15) is 5.56 Å². The zero-order valence-electron chi connectivity index (χ0n) is 6.70. The molecule has 64 valence electrons. The molecule has 0 unspecified atom stereocenters. The summed E-state index contributed by atoms with van der Waals surface area (Å²) in [6.07, 6.45) is 0.543. The Kier molecular flexibility index (Phi) is 2.53. The second-order valence-electron chi connectivity index (χ2n) is 2.54. The molecule has 6 N–H and O–H groups in total. The third-order valence-corrected chi connectivity index (χ3v) is 1.50. The van der Waals surface area contributed by atoms with Crippen LogP contribution in [0.2, 0.25) is 0 Å². The van der Waals surface area contributed by atoms with Crippen molar-refractivity contribution < 1.29 is 0 Å². The smallest absolute Gasteiger partial charge is 0.123 e. The Hall–Kier alpha value is -1.71. The van der Waals surface area contributed by atoms with Crippen molar-refractivity contribution in [2.24, 2.45) is 16.7 Å². The van der Waals surface area contributed by atoms with Gasteiger partial charge in [-0.1, -0.05) is 12.1 Å². The molecule has 0 aliphatic heterocycles. The molecule has 1 rings (SSSR count). The van der Waals surface area contributed by atoms with Crippen LogP contribution in [0, 0.1) is 0 Å². The second-order valence-corrected chi connectivity index (χ2v) is 2.54. The summed E-state index contributed by atoms with van der Waals surface area (Å²) >= 11 is 0. The van der Waals surface area contributed by atoms with Gasteiger partial charge in [0, 0.05) is 12.1 Å². The van der Waals surface area contributed by atoms with Gasteiger partial charge in [0.1, 0.15) is 5.84 Å². The number of rotatable bonds is 2. The van der Waals surface area contributed by atoms with Crippen LogP contribution in [-0.2, 0) is 6.42 Å². The Morgan fingerprint density at radius 1 is 1.42 bits per heavy atom. The third-order valence-electron chi connectivity index (χ3n) is 1.50. The molecule has 1 aromatic carbocycles. The van der Waals surface area contributed by atoms with Crippen LogP contribution in [0.3, 0.4) is 0 Å². The van der Waals surface area contributed by atoms with Gasteiger partial charge >= 0.3 is 0 Å². The topological polar surface area (TPSA) is 90.4 Å². The number of hydrogen-bond acceptors (Lipinski definition) is 3. The first-order valence-corrected chi connectivity index (χ1v) is 3.59. The molecule has 0 radical (unpaired) electrons. The van der Waals surface area contributed by atoms with E-state index >= 15 is 0 Å². The highest BCUT2D eigenvalue weighted by molar-refractivity contribution is 5.82. The van der Waals surface area contributed by atoms with E-state index in [2.05, 4.69) is 5.10 Å². The fraction of sp³-hybridized carbons (Fsp3) is 0.125. The van der Waals surface area contributed by atoms with E-state index in [9.17, 15) is 0 Å². The minimum absolute atomic E-state index is 0.403. The van der Waals surface area contributed by atoms with E-state index in [1.807, 2.05) is 24.3 Å². The van der Waals surface area contributed by atoms with E-state index in [1.54, 1.807) is 0 Å². The lowest BCUT2D eigenvalue weighted by Gasteiger charge is -2.00. The summed E-state index contributed by atoms with van der Waals surface area (Å²) in [4.78, 5) is 0. The van der Waals surface area contributed by atoms with E-state index in [0.29, 0.717) is 12.3 Å². The molecule has 0 atom stereocenters. The SMILES string of the molecule is N/N=C(\N)Cc1cccc(N)c1. The van der Waals surface area contributed by atoms with E-state index < -0.39 is 0 Å². The molecule has 4 nitrogen and oxygen atoms in total. The van der Waals surface area contributed by atoms with Gasteiger partial charge in [-0.15, -0.1) is 0 Å². The first-order chi connectivity index (χ1) is 5.72. The van der Waals surface area contributed by atoms with Crippen molar-refractivity contribution in [1.29, 1.82) is 0 Å². The molecular weight excluding hydrogens is 152 g/mol. The molecule has 0 heterocycles. The van der Waals surface area contributed by atoms with Crippen molar-refractivity contribution in [3.63, 3.8) is 0 Å². The fourth-order valence-electron chi connectivity index (χ4n) is 0.958. The normalized spacial score (nSPS) is 11.5. The quantitative estimate of drug-likeness (QED) is 0.189. The number of amidine groups is 1. The average Bonchev–Trinajstić information content (AvgIpc) is 2.04. The lowest BCUT2D eigenvalue weighted by Crippen LogP contribution is -2.16. The number of nitrogens with two attached hydrogens (primary N) is 3. The van der Waals surface area contributed by atoms with Gasteiger partial charge in [-0.3, -0.25) is 0 Å². The van der Waals surface area contributed by atoms with Gasteiger partial charge < -0.3 is 17.3 Å². The maximum absolute atomic E-state index is 5.56. The fourth-order valence-corrected chi connectivity index (χ4v) is 0.958.